The highest BCUT2D eigenvalue weighted by atomic mass is 79.9. The van der Waals surface area contributed by atoms with Crippen LogP contribution in [0.3, 0.4) is 0 Å². The molecule has 2 atom stereocenters. The number of nitrogens with zero attached hydrogens (tertiary/aromatic N) is 1. The molecule has 2 unspecified atom stereocenters. The van der Waals surface area contributed by atoms with Crippen LogP contribution in [0.5, 0.6) is 0 Å². The van der Waals surface area contributed by atoms with Crippen molar-refractivity contribution < 1.29 is 0 Å². The standard InChI is InChI=1S/C16H25BrN2/c1-3-14-6-4-5-9-19(14)16(11-18)13-7-8-15(17)12(2)10-13/h7-8,10,14,16H,3-6,9,11,18H2,1-2H3. The zero-order valence-corrected chi connectivity index (χ0v) is 13.6. The summed E-state index contributed by atoms with van der Waals surface area (Å²) in [4.78, 5) is 2.63. The number of benzene rings is 1. The van der Waals surface area contributed by atoms with Crippen molar-refractivity contribution in [3.8, 4) is 0 Å². The maximum atomic E-state index is 6.09. The maximum absolute atomic E-state index is 6.09. The third-order valence-electron chi connectivity index (χ3n) is 4.33. The number of piperidine rings is 1. The van der Waals surface area contributed by atoms with Crippen LogP contribution in [0.25, 0.3) is 0 Å². The van der Waals surface area contributed by atoms with Crippen LogP contribution in [0.4, 0.5) is 0 Å². The van der Waals surface area contributed by atoms with Gasteiger partial charge in [-0.3, -0.25) is 4.90 Å². The van der Waals surface area contributed by atoms with Crippen molar-refractivity contribution in [2.24, 2.45) is 5.73 Å². The van der Waals surface area contributed by atoms with Crippen molar-refractivity contribution in [3.63, 3.8) is 0 Å². The van der Waals surface area contributed by atoms with E-state index in [0.717, 1.165) is 0 Å². The molecule has 2 nitrogen and oxygen atoms in total. The third-order valence-corrected chi connectivity index (χ3v) is 5.22. The van der Waals surface area contributed by atoms with E-state index in [9.17, 15) is 0 Å². The molecule has 1 saturated heterocycles. The van der Waals surface area contributed by atoms with Crippen LogP contribution in [-0.4, -0.2) is 24.0 Å². The lowest BCUT2D eigenvalue weighted by Gasteiger charge is -2.41. The van der Waals surface area contributed by atoms with Gasteiger partial charge < -0.3 is 5.73 Å². The molecule has 0 radical (unpaired) electrons. The highest BCUT2D eigenvalue weighted by Crippen LogP contribution is 2.31. The number of likely N-dealkylation sites (tertiary alicyclic amines) is 1. The molecule has 19 heavy (non-hydrogen) atoms. The number of hydrogen-bond donors (Lipinski definition) is 1. The van der Waals surface area contributed by atoms with Crippen molar-refractivity contribution >= 4 is 15.9 Å². The fourth-order valence-electron chi connectivity index (χ4n) is 3.21. The summed E-state index contributed by atoms with van der Waals surface area (Å²) in [6.45, 7) is 6.34. The van der Waals surface area contributed by atoms with Crippen LogP contribution >= 0.6 is 15.9 Å². The zero-order valence-electron chi connectivity index (χ0n) is 12.0. The predicted octanol–water partition coefficient (Wildman–Crippen LogP) is 4.02. The van der Waals surface area contributed by atoms with Crippen LogP contribution in [0.15, 0.2) is 22.7 Å². The van der Waals surface area contributed by atoms with E-state index in [1.807, 2.05) is 0 Å². The van der Waals surface area contributed by atoms with E-state index in [-0.39, 0.29) is 0 Å². The van der Waals surface area contributed by atoms with Crippen LogP contribution in [0.2, 0.25) is 0 Å². The van der Waals surface area contributed by atoms with E-state index in [1.165, 1.54) is 47.8 Å². The lowest BCUT2D eigenvalue weighted by molar-refractivity contribution is 0.0949. The summed E-state index contributed by atoms with van der Waals surface area (Å²) in [5, 5.41) is 0. The average molecular weight is 325 g/mol. The number of nitrogens with two attached hydrogens (primary N) is 1. The van der Waals surface area contributed by atoms with Gasteiger partial charge in [0.15, 0.2) is 0 Å². The van der Waals surface area contributed by atoms with Gasteiger partial charge in [-0.15, -0.1) is 0 Å². The highest BCUT2D eigenvalue weighted by Gasteiger charge is 2.28. The van der Waals surface area contributed by atoms with Gasteiger partial charge in [-0.2, -0.15) is 0 Å². The SMILES string of the molecule is CCC1CCCCN1C(CN)c1ccc(Br)c(C)c1. The fraction of sp³-hybridized carbons (Fsp3) is 0.625. The summed E-state index contributed by atoms with van der Waals surface area (Å²) in [6.07, 6.45) is 5.22. The van der Waals surface area contributed by atoms with E-state index in [0.29, 0.717) is 18.6 Å². The quantitative estimate of drug-likeness (QED) is 0.906. The summed E-state index contributed by atoms with van der Waals surface area (Å²) in [5.41, 5.74) is 8.74. The third kappa shape index (κ3) is 3.39. The molecule has 0 bridgehead atoms. The van der Waals surface area contributed by atoms with E-state index < -0.39 is 0 Å². The average Bonchev–Trinajstić information content (AvgIpc) is 2.44. The van der Waals surface area contributed by atoms with Gasteiger partial charge in [0.1, 0.15) is 0 Å². The molecule has 2 N–H and O–H groups in total. The Labute approximate surface area is 125 Å². The second-order valence-corrected chi connectivity index (χ2v) is 6.41. The minimum atomic E-state index is 0.372. The van der Waals surface area contributed by atoms with Gasteiger partial charge in [0.05, 0.1) is 0 Å². The monoisotopic (exact) mass is 324 g/mol. The maximum Gasteiger partial charge on any atom is 0.0473 e. The Morgan fingerprint density at radius 3 is 2.84 bits per heavy atom. The number of hydrogen-bond acceptors (Lipinski definition) is 2. The second kappa shape index (κ2) is 6.87. The van der Waals surface area contributed by atoms with Crippen molar-refractivity contribution in [1.29, 1.82) is 0 Å². The van der Waals surface area contributed by atoms with Gasteiger partial charge in [0.2, 0.25) is 0 Å². The number of halogens is 1. The summed E-state index contributed by atoms with van der Waals surface area (Å²) < 4.78 is 1.18. The molecule has 0 aromatic heterocycles. The first-order chi connectivity index (χ1) is 9.17. The fourth-order valence-corrected chi connectivity index (χ4v) is 3.46. The summed E-state index contributed by atoms with van der Waals surface area (Å²) >= 11 is 3.58. The number of rotatable bonds is 4. The lowest BCUT2D eigenvalue weighted by Crippen LogP contribution is -2.44. The van der Waals surface area contributed by atoms with Gasteiger partial charge in [-0.25, -0.2) is 0 Å². The minimum Gasteiger partial charge on any atom is -0.329 e. The molecular formula is C16H25BrN2. The van der Waals surface area contributed by atoms with E-state index in [1.54, 1.807) is 0 Å². The van der Waals surface area contributed by atoms with Crippen molar-refractivity contribution in [2.75, 3.05) is 13.1 Å². The van der Waals surface area contributed by atoms with Gasteiger partial charge in [0, 0.05) is 23.1 Å². The molecule has 3 heteroatoms. The van der Waals surface area contributed by atoms with E-state index in [2.05, 4.69) is 52.9 Å². The molecule has 1 fully saturated rings. The van der Waals surface area contributed by atoms with Gasteiger partial charge in [0.25, 0.3) is 0 Å². The molecule has 0 aliphatic carbocycles. The Morgan fingerprint density at radius 2 is 2.21 bits per heavy atom. The first-order valence-electron chi connectivity index (χ1n) is 7.39. The van der Waals surface area contributed by atoms with Gasteiger partial charge in [-0.05, 0) is 49.9 Å². The Balaban J connectivity index is 2.24. The smallest absolute Gasteiger partial charge is 0.0473 e. The molecule has 0 spiro atoms. The Morgan fingerprint density at radius 1 is 1.42 bits per heavy atom. The molecular weight excluding hydrogens is 300 g/mol. The molecule has 1 heterocycles. The van der Waals surface area contributed by atoms with E-state index >= 15 is 0 Å². The minimum absolute atomic E-state index is 0.372. The topological polar surface area (TPSA) is 29.3 Å². The van der Waals surface area contributed by atoms with Crippen LogP contribution in [0.1, 0.15) is 49.8 Å². The van der Waals surface area contributed by atoms with Crippen molar-refractivity contribution in [1.82, 2.24) is 4.90 Å². The van der Waals surface area contributed by atoms with Crippen molar-refractivity contribution in [3.05, 3.63) is 33.8 Å². The second-order valence-electron chi connectivity index (χ2n) is 5.56. The normalized spacial score (nSPS) is 22.4. The van der Waals surface area contributed by atoms with E-state index in [4.69, 9.17) is 5.73 Å². The first-order valence-corrected chi connectivity index (χ1v) is 8.18. The Bertz CT molecular complexity index is 419. The van der Waals surface area contributed by atoms with Crippen LogP contribution in [-0.2, 0) is 0 Å². The van der Waals surface area contributed by atoms with Gasteiger partial charge >= 0.3 is 0 Å². The Hall–Kier alpha value is -0.380. The molecule has 0 amide bonds. The first kappa shape index (κ1) is 15.0. The highest BCUT2D eigenvalue weighted by molar-refractivity contribution is 9.10. The molecule has 106 valence electrons. The number of aryl methyl sites for hydroxylation is 1. The van der Waals surface area contributed by atoms with Crippen LogP contribution < -0.4 is 5.73 Å². The predicted molar refractivity (Wildman–Crippen MR) is 85.3 cm³/mol. The summed E-state index contributed by atoms with van der Waals surface area (Å²) in [5.74, 6) is 0. The van der Waals surface area contributed by atoms with Crippen LogP contribution in [0, 0.1) is 6.92 Å². The Kier molecular flexibility index (Phi) is 5.43. The molecule has 0 saturated carbocycles. The molecule has 2 rings (SSSR count). The van der Waals surface area contributed by atoms with Crippen molar-refractivity contribution in [2.45, 2.75) is 51.6 Å². The molecule has 1 aromatic carbocycles. The molecule has 1 aliphatic heterocycles. The summed E-state index contributed by atoms with van der Waals surface area (Å²) in [7, 11) is 0. The molecule has 1 aliphatic rings. The summed E-state index contributed by atoms with van der Waals surface area (Å²) in [6, 6.07) is 7.72. The molecule has 1 aromatic rings. The van der Waals surface area contributed by atoms with Gasteiger partial charge in [-0.1, -0.05) is 41.4 Å². The zero-order chi connectivity index (χ0) is 13.8. The lowest BCUT2D eigenvalue weighted by atomic mass is 9.94. The largest absolute Gasteiger partial charge is 0.329 e.